The van der Waals surface area contributed by atoms with Crippen LogP contribution in [0.5, 0.6) is 0 Å². The van der Waals surface area contributed by atoms with Gasteiger partial charge < -0.3 is 5.32 Å². The summed E-state index contributed by atoms with van der Waals surface area (Å²) >= 11 is 0. The largest absolute Gasteiger partial charge is 0.313 e. The van der Waals surface area contributed by atoms with Crippen LogP contribution in [0.15, 0.2) is 0 Å². The molecule has 0 spiro atoms. The molecule has 4 aliphatic rings. The van der Waals surface area contributed by atoms with Gasteiger partial charge in [-0.3, -0.25) is 0 Å². The number of nitrogens with one attached hydrogen (secondary N) is 1. The van der Waals surface area contributed by atoms with E-state index in [2.05, 4.69) is 11.2 Å². The Bertz CT molecular complexity index is 260. The molecule has 1 N–H and O–H groups in total. The number of hydrogen-bond donors (Lipinski definition) is 1. The Morgan fingerprint density at radius 3 is 2.19 bits per heavy atom. The average Bonchev–Trinajstić information content (AvgIpc) is 2.26. The van der Waals surface area contributed by atoms with Crippen LogP contribution in [0.25, 0.3) is 0 Å². The zero-order chi connectivity index (χ0) is 11.0. The van der Waals surface area contributed by atoms with Crippen molar-refractivity contribution in [3.63, 3.8) is 0 Å². The molecule has 1 heteroatoms. The monoisotopic (exact) mass is 217 g/mol. The van der Waals surface area contributed by atoms with E-state index in [0.717, 1.165) is 49.1 Å². The number of hydrogen-bond acceptors (Lipinski definition) is 1. The molecule has 0 saturated heterocycles. The summed E-state index contributed by atoms with van der Waals surface area (Å²) in [5.41, 5.74) is 0. The van der Waals surface area contributed by atoms with Gasteiger partial charge in [0.15, 0.2) is 0 Å². The van der Waals surface area contributed by atoms with Crippen LogP contribution in [0.4, 0.5) is 0 Å². The minimum absolute atomic E-state index is 0.838. The summed E-state index contributed by atoms with van der Waals surface area (Å²) in [6.07, 6.45) is 15.0. The number of terminal acetylenes is 1. The lowest BCUT2D eigenvalue weighted by atomic mass is 9.54. The fourth-order valence-corrected chi connectivity index (χ4v) is 4.72. The second kappa shape index (κ2) is 4.41. The van der Waals surface area contributed by atoms with Crippen molar-refractivity contribution in [1.82, 2.24) is 5.32 Å². The van der Waals surface area contributed by atoms with Crippen LogP contribution < -0.4 is 5.32 Å². The summed E-state index contributed by atoms with van der Waals surface area (Å²) in [6.45, 7) is 1.14. The lowest BCUT2D eigenvalue weighted by Gasteiger charge is -2.54. The first kappa shape index (κ1) is 10.7. The summed E-state index contributed by atoms with van der Waals surface area (Å²) < 4.78 is 0. The van der Waals surface area contributed by atoms with Gasteiger partial charge in [-0.1, -0.05) is 0 Å². The van der Waals surface area contributed by atoms with E-state index in [-0.39, 0.29) is 0 Å². The Balaban J connectivity index is 1.54. The van der Waals surface area contributed by atoms with Gasteiger partial charge in [0.05, 0.1) is 0 Å². The molecule has 4 bridgehead atoms. The van der Waals surface area contributed by atoms with E-state index in [1.54, 1.807) is 6.42 Å². The molecular formula is C15H23N. The topological polar surface area (TPSA) is 12.0 Å². The van der Waals surface area contributed by atoms with Gasteiger partial charge in [-0.25, -0.2) is 0 Å². The molecule has 0 aromatic rings. The van der Waals surface area contributed by atoms with Crippen LogP contribution in [-0.2, 0) is 0 Å². The fourth-order valence-electron chi connectivity index (χ4n) is 4.72. The molecular weight excluding hydrogens is 194 g/mol. The second-order valence-corrected chi connectivity index (χ2v) is 6.22. The zero-order valence-corrected chi connectivity index (χ0v) is 10.1. The Morgan fingerprint density at radius 1 is 1.00 bits per heavy atom. The minimum atomic E-state index is 0.838. The summed E-state index contributed by atoms with van der Waals surface area (Å²) in [5, 5.41) is 3.80. The van der Waals surface area contributed by atoms with Gasteiger partial charge in [0.25, 0.3) is 0 Å². The van der Waals surface area contributed by atoms with Crippen molar-refractivity contribution in [3.05, 3.63) is 0 Å². The summed E-state index contributed by atoms with van der Waals surface area (Å²) in [7, 11) is 0. The third kappa shape index (κ3) is 1.89. The molecule has 0 unspecified atom stereocenters. The van der Waals surface area contributed by atoms with Gasteiger partial charge in [-0.05, 0) is 68.7 Å². The molecule has 4 fully saturated rings. The molecule has 4 rings (SSSR count). The lowest BCUT2D eigenvalue weighted by Crippen LogP contribution is -2.54. The Morgan fingerprint density at radius 2 is 1.62 bits per heavy atom. The summed E-state index contributed by atoms with van der Waals surface area (Å²) in [4.78, 5) is 0. The van der Waals surface area contributed by atoms with Crippen molar-refractivity contribution in [3.8, 4) is 12.3 Å². The highest BCUT2D eigenvalue weighted by Crippen LogP contribution is 2.53. The van der Waals surface area contributed by atoms with Crippen molar-refractivity contribution in [2.24, 2.45) is 23.7 Å². The first-order chi connectivity index (χ1) is 7.86. The zero-order valence-electron chi connectivity index (χ0n) is 10.1. The molecule has 4 aliphatic carbocycles. The summed E-state index contributed by atoms with van der Waals surface area (Å²) in [6, 6.07) is 0.838. The molecule has 4 saturated carbocycles. The molecule has 1 nitrogen and oxygen atoms in total. The van der Waals surface area contributed by atoms with Gasteiger partial charge in [-0.2, -0.15) is 0 Å². The van der Waals surface area contributed by atoms with Crippen molar-refractivity contribution in [2.45, 2.75) is 51.0 Å². The van der Waals surface area contributed by atoms with Gasteiger partial charge in [-0.15, -0.1) is 12.3 Å². The predicted octanol–water partition coefficient (Wildman–Crippen LogP) is 2.81. The molecule has 0 heterocycles. The van der Waals surface area contributed by atoms with Gasteiger partial charge in [0.1, 0.15) is 0 Å². The fraction of sp³-hybridized carbons (Fsp3) is 0.867. The first-order valence-electron chi connectivity index (χ1n) is 7.03. The maximum atomic E-state index is 5.29. The van der Waals surface area contributed by atoms with E-state index in [1.165, 1.54) is 25.7 Å². The molecule has 16 heavy (non-hydrogen) atoms. The van der Waals surface area contributed by atoms with E-state index >= 15 is 0 Å². The lowest BCUT2D eigenvalue weighted by molar-refractivity contribution is -0.0135. The molecule has 0 aromatic carbocycles. The maximum absolute atomic E-state index is 5.29. The third-order valence-electron chi connectivity index (χ3n) is 5.10. The molecule has 0 aromatic heterocycles. The number of rotatable bonds is 4. The molecule has 0 aliphatic heterocycles. The van der Waals surface area contributed by atoms with Gasteiger partial charge >= 0.3 is 0 Å². The molecule has 0 atom stereocenters. The molecule has 0 amide bonds. The van der Waals surface area contributed by atoms with Crippen molar-refractivity contribution in [1.29, 1.82) is 0 Å². The van der Waals surface area contributed by atoms with Crippen LogP contribution in [0, 0.1) is 36.0 Å². The van der Waals surface area contributed by atoms with Gasteiger partial charge in [0.2, 0.25) is 0 Å². The van der Waals surface area contributed by atoms with Crippen LogP contribution in [0.1, 0.15) is 44.9 Å². The Hall–Kier alpha value is -0.480. The third-order valence-corrected chi connectivity index (χ3v) is 5.10. The van der Waals surface area contributed by atoms with Crippen LogP contribution >= 0.6 is 0 Å². The maximum Gasteiger partial charge on any atom is 0.0124 e. The molecule has 88 valence electrons. The predicted molar refractivity (Wildman–Crippen MR) is 66.9 cm³/mol. The van der Waals surface area contributed by atoms with Crippen LogP contribution in [-0.4, -0.2) is 12.6 Å². The number of unbranched alkanes of at least 4 members (excludes halogenated alkanes) is 1. The minimum Gasteiger partial charge on any atom is -0.313 e. The molecule has 0 radical (unpaired) electrons. The van der Waals surface area contributed by atoms with Crippen molar-refractivity contribution < 1.29 is 0 Å². The van der Waals surface area contributed by atoms with Crippen LogP contribution in [0.2, 0.25) is 0 Å². The second-order valence-electron chi connectivity index (χ2n) is 6.22. The van der Waals surface area contributed by atoms with E-state index in [1.807, 2.05) is 0 Å². The van der Waals surface area contributed by atoms with E-state index in [0.29, 0.717) is 0 Å². The normalized spacial score (nSPS) is 44.6. The van der Waals surface area contributed by atoms with Crippen molar-refractivity contribution >= 4 is 0 Å². The van der Waals surface area contributed by atoms with E-state index < -0.39 is 0 Å². The van der Waals surface area contributed by atoms with Crippen molar-refractivity contribution in [2.75, 3.05) is 6.54 Å². The first-order valence-corrected chi connectivity index (χ1v) is 7.03. The summed E-state index contributed by atoms with van der Waals surface area (Å²) in [5.74, 6) is 6.91. The Kier molecular flexibility index (Phi) is 2.94. The Labute approximate surface area is 99.4 Å². The quantitative estimate of drug-likeness (QED) is 0.564. The average molecular weight is 217 g/mol. The van der Waals surface area contributed by atoms with E-state index in [9.17, 15) is 0 Å². The highest BCUT2D eigenvalue weighted by atomic mass is 14.9. The smallest absolute Gasteiger partial charge is 0.0124 e. The standard InChI is InChI=1S/C15H23N/c1-2-3-4-5-16-15-13-7-11-6-12(9-13)10-14(15)8-11/h1,11-16H,3-10H2. The van der Waals surface area contributed by atoms with Crippen LogP contribution in [0.3, 0.4) is 0 Å². The van der Waals surface area contributed by atoms with Gasteiger partial charge in [0, 0.05) is 12.5 Å². The highest BCUT2D eigenvalue weighted by molar-refractivity contribution is 5.01. The highest BCUT2D eigenvalue weighted by Gasteiger charge is 2.47. The SMILES string of the molecule is C#CCCCNC1C2CC3CC(C2)CC1C3. The van der Waals surface area contributed by atoms with E-state index in [4.69, 9.17) is 6.42 Å².